The zero-order valence-corrected chi connectivity index (χ0v) is 12.8. The summed E-state index contributed by atoms with van der Waals surface area (Å²) in [6.07, 6.45) is 3.68. The molecule has 1 atom stereocenters. The Kier molecular flexibility index (Phi) is 4.56. The number of nitrogens with zero attached hydrogens (tertiary/aromatic N) is 2. The number of halogens is 1. The lowest BCUT2D eigenvalue weighted by molar-refractivity contribution is 0.815. The minimum absolute atomic E-state index is 0.0500. The molecule has 1 unspecified atom stereocenters. The van der Waals surface area contributed by atoms with Gasteiger partial charge < -0.3 is 10.6 Å². The number of nitrogens with two attached hydrogens (primary N) is 1. The standard InChI is InChI=1S/C15H18BrN3/c1-11(17)13-5-6-15(14(16)8-13)19(2)10-12-4-3-7-18-9-12/h3-9,11H,10,17H2,1-2H3. The molecule has 3 nitrogen and oxygen atoms in total. The second kappa shape index (κ2) is 6.17. The highest BCUT2D eigenvalue weighted by atomic mass is 79.9. The zero-order valence-electron chi connectivity index (χ0n) is 11.2. The molecule has 0 amide bonds. The maximum atomic E-state index is 5.89. The van der Waals surface area contributed by atoms with Gasteiger partial charge in [0.1, 0.15) is 0 Å². The molecular formula is C15H18BrN3. The molecule has 1 aromatic heterocycles. The van der Waals surface area contributed by atoms with Crippen molar-refractivity contribution in [1.29, 1.82) is 0 Å². The zero-order chi connectivity index (χ0) is 13.8. The predicted molar refractivity (Wildman–Crippen MR) is 83.1 cm³/mol. The molecule has 0 aliphatic rings. The van der Waals surface area contributed by atoms with Crippen molar-refractivity contribution in [2.45, 2.75) is 19.5 Å². The van der Waals surface area contributed by atoms with Gasteiger partial charge in [0, 0.05) is 36.5 Å². The van der Waals surface area contributed by atoms with Crippen molar-refractivity contribution in [2.75, 3.05) is 11.9 Å². The third-order valence-electron chi connectivity index (χ3n) is 3.05. The predicted octanol–water partition coefficient (Wildman–Crippen LogP) is 3.50. The average Bonchev–Trinajstić information content (AvgIpc) is 2.39. The fourth-order valence-corrected chi connectivity index (χ4v) is 2.67. The van der Waals surface area contributed by atoms with Gasteiger partial charge in [-0.2, -0.15) is 0 Å². The van der Waals surface area contributed by atoms with Gasteiger partial charge in [0.2, 0.25) is 0 Å². The van der Waals surface area contributed by atoms with Gasteiger partial charge in [-0.1, -0.05) is 12.1 Å². The largest absolute Gasteiger partial charge is 0.369 e. The number of hydrogen-bond donors (Lipinski definition) is 1. The van der Waals surface area contributed by atoms with Crippen LogP contribution in [-0.4, -0.2) is 12.0 Å². The van der Waals surface area contributed by atoms with Crippen LogP contribution in [0.25, 0.3) is 0 Å². The van der Waals surface area contributed by atoms with Crippen molar-refractivity contribution < 1.29 is 0 Å². The Labute approximate surface area is 122 Å². The molecule has 0 aliphatic carbocycles. The molecule has 2 N–H and O–H groups in total. The Hall–Kier alpha value is -1.39. The second-order valence-corrected chi connectivity index (χ2v) is 5.57. The molecule has 2 rings (SSSR count). The Morgan fingerprint density at radius 1 is 1.37 bits per heavy atom. The molecule has 0 aliphatic heterocycles. The van der Waals surface area contributed by atoms with Crippen LogP contribution in [0, 0.1) is 0 Å². The van der Waals surface area contributed by atoms with Gasteiger partial charge in [-0.15, -0.1) is 0 Å². The van der Waals surface area contributed by atoms with E-state index in [1.165, 1.54) is 5.56 Å². The summed E-state index contributed by atoms with van der Waals surface area (Å²) in [6, 6.07) is 10.3. The van der Waals surface area contributed by atoms with Crippen LogP contribution in [0.4, 0.5) is 5.69 Å². The van der Waals surface area contributed by atoms with Crippen molar-refractivity contribution in [2.24, 2.45) is 5.73 Å². The molecule has 4 heteroatoms. The summed E-state index contributed by atoms with van der Waals surface area (Å²) in [7, 11) is 2.07. The van der Waals surface area contributed by atoms with Crippen molar-refractivity contribution >= 4 is 21.6 Å². The van der Waals surface area contributed by atoms with E-state index in [1.54, 1.807) is 6.20 Å². The van der Waals surface area contributed by atoms with Crippen molar-refractivity contribution in [3.63, 3.8) is 0 Å². The molecule has 2 aromatic rings. The molecule has 19 heavy (non-hydrogen) atoms. The van der Waals surface area contributed by atoms with Crippen molar-refractivity contribution in [3.05, 3.63) is 58.3 Å². The quantitative estimate of drug-likeness (QED) is 0.937. The van der Waals surface area contributed by atoms with E-state index >= 15 is 0 Å². The first-order valence-electron chi connectivity index (χ1n) is 6.23. The highest BCUT2D eigenvalue weighted by molar-refractivity contribution is 9.10. The van der Waals surface area contributed by atoms with Gasteiger partial charge in [0.25, 0.3) is 0 Å². The first-order valence-corrected chi connectivity index (χ1v) is 7.02. The van der Waals surface area contributed by atoms with Gasteiger partial charge in [0.05, 0.1) is 5.69 Å². The minimum atomic E-state index is 0.0500. The fourth-order valence-electron chi connectivity index (χ4n) is 1.97. The second-order valence-electron chi connectivity index (χ2n) is 4.72. The van der Waals surface area contributed by atoms with Crippen LogP contribution in [0.2, 0.25) is 0 Å². The summed E-state index contributed by atoms with van der Waals surface area (Å²) >= 11 is 3.62. The van der Waals surface area contributed by atoms with E-state index < -0.39 is 0 Å². The van der Waals surface area contributed by atoms with E-state index in [0.29, 0.717) is 0 Å². The number of benzene rings is 1. The summed E-state index contributed by atoms with van der Waals surface area (Å²) in [5.41, 5.74) is 9.35. The summed E-state index contributed by atoms with van der Waals surface area (Å²) in [6.45, 7) is 2.81. The molecule has 0 bridgehead atoms. The monoisotopic (exact) mass is 319 g/mol. The van der Waals surface area contributed by atoms with Gasteiger partial charge >= 0.3 is 0 Å². The summed E-state index contributed by atoms with van der Waals surface area (Å²) in [4.78, 5) is 6.32. The number of hydrogen-bond acceptors (Lipinski definition) is 3. The van der Waals surface area contributed by atoms with Crippen molar-refractivity contribution in [3.8, 4) is 0 Å². The van der Waals surface area contributed by atoms with Gasteiger partial charge in [-0.3, -0.25) is 4.98 Å². The third kappa shape index (κ3) is 3.55. The maximum Gasteiger partial charge on any atom is 0.0511 e. The smallest absolute Gasteiger partial charge is 0.0511 e. The number of rotatable bonds is 4. The van der Waals surface area contributed by atoms with Gasteiger partial charge in [0.15, 0.2) is 0 Å². The topological polar surface area (TPSA) is 42.1 Å². The van der Waals surface area contributed by atoms with E-state index in [2.05, 4.69) is 57.1 Å². The lowest BCUT2D eigenvalue weighted by atomic mass is 10.1. The fraction of sp³-hybridized carbons (Fsp3) is 0.267. The lowest BCUT2D eigenvalue weighted by Crippen LogP contribution is -2.17. The molecule has 0 fully saturated rings. The molecule has 1 aromatic carbocycles. The molecular weight excluding hydrogens is 302 g/mol. The molecule has 0 radical (unpaired) electrons. The van der Waals surface area contributed by atoms with E-state index in [1.807, 2.05) is 19.2 Å². The Balaban J connectivity index is 2.17. The highest BCUT2D eigenvalue weighted by Gasteiger charge is 2.09. The van der Waals surface area contributed by atoms with E-state index in [0.717, 1.165) is 22.3 Å². The Morgan fingerprint density at radius 3 is 2.74 bits per heavy atom. The first-order chi connectivity index (χ1) is 9.08. The average molecular weight is 320 g/mol. The number of aromatic nitrogens is 1. The van der Waals surface area contributed by atoms with Crippen LogP contribution in [0.5, 0.6) is 0 Å². The summed E-state index contributed by atoms with van der Waals surface area (Å²) < 4.78 is 1.06. The Bertz CT molecular complexity index is 540. The van der Waals surface area contributed by atoms with E-state index in [4.69, 9.17) is 5.73 Å². The molecule has 0 saturated carbocycles. The van der Waals surface area contributed by atoms with E-state index in [9.17, 15) is 0 Å². The van der Waals surface area contributed by atoms with Crippen LogP contribution in [-0.2, 0) is 6.54 Å². The van der Waals surface area contributed by atoms with Crippen LogP contribution in [0.1, 0.15) is 24.1 Å². The van der Waals surface area contributed by atoms with Crippen LogP contribution < -0.4 is 10.6 Å². The minimum Gasteiger partial charge on any atom is -0.369 e. The van der Waals surface area contributed by atoms with Gasteiger partial charge in [-0.25, -0.2) is 0 Å². The maximum absolute atomic E-state index is 5.89. The number of pyridine rings is 1. The lowest BCUT2D eigenvalue weighted by Gasteiger charge is -2.21. The Morgan fingerprint density at radius 2 is 2.16 bits per heavy atom. The van der Waals surface area contributed by atoms with Gasteiger partial charge in [-0.05, 0) is 52.2 Å². The van der Waals surface area contributed by atoms with Crippen LogP contribution in [0.3, 0.4) is 0 Å². The van der Waals surface area contributed by atoms with Crippen LogP contribution >= 0.6 is 15.9 Å². The summed E-state index contributed by atoms with van der Waals surface area (Å²) in [5, 5.41) is 0. The van der Waals surface area contributed by atoms with Crippen molar-refractivity contribution in [1.82, 2.24) is 4.98 Å². The normalized spacial score (nSPS) is 12.2. The van der Waals surface area contributed by atoms with E-state index in [-0.39, 0.29) is 6.04 Å². The highest BCUT2D eigenvalue weighted by Crippen LogP contribution is 2.29. The molecule has 100 valence electrons. The molecule has 1 heterocycles. The van der Waals surface area contributed by atoms with Crippen LogP contribution in [0.15, 0.2) is 47.2 Å². The molecule has 0 saturated heterocycles. The third-order valence-corrected chi connectivity index (χ3v) is 3.69. The number of anilines is 1. The first kappa shape index (κ1) is 14.0. The SMILES string of the molecule is CC(N)c1ccc(N(C)Cc2cccnc2)c(Br)c1. The summed E-state index contributed by atoms with van der Waals surface area (Å²) in [5.74, 6) is 0. The molecule has 0 spiro atoms.